The summed E-state index contributed by atoms with van der Waals surface area (Å²) < 4.78 is 7.27. The fourth-order valence-electron chi connectivity index (χ4n) is 4.08. The highest BCUT2D eigenvalue weighted by Gasteiger charge is 2.26. The molecule has 3 aliphatic rings. The first kappa shape index (κ1) is 21.7. The maximum atomic E-state index is 12.7. The molecule has 6 rings (SSSR count). The van der Waals surface area contributed by atoms with Gasteiger partial charge in [0.05, 0.1) is 27.7 Å². The number of imide groups is 1. The SMILES string of the molecule is O=C1NC(=O)/C(=C/c2cnn3c(NC4CC4)cc(-c4ccc(C(=O)NC[C@H]5CCCO5)s4)nc23)N1. The molecule has 180 valence electrons. The number of rotatable bonds is 7. The van der Waals surface area contributed by atoms with Gasteiger partial charge in [0.15, 0.2) is 5.65 Å². The van der Waals surface area contributed by atoms with Crippen LogP contribution in [0.2, 0.25) is 0 Å². The molecule has 4 amide bonds. The molecular weight excluding hydrogens is 470 g/mol. The van der Waals surface area contributed by atoms with Crippen molar-refractivity contribution in [2.24, 2.45) is 0 Å². The van der Waals surface area contributed by atoms with E-state index in [1.54, 1.807) is 22.9 Å². The Morgan fingerprint density at radius 2 is 2.14 bits per heavy atom. The molecule has 3 aromatic heterocycles. The molecule has 5 heterocycles. The maximum Gasteiger partial charge on any atom is 0.326 e. The number of nitrogens with zero attached hydrogens (tertiary/aromatic N) is 3. The fraction of sp³-hybridized carbons (Fsp3) is 0.348. The van der Waals surface area contributed by atoms with Crippen LogP contribution in [-0.4, -0.2) is 57.7 Å². The van der Waals surface area contributed by atoms with Crippen LogP contribution in [0.5, 0.6) is 0 Å². The van der Waals surface area contributed by atoms with Gasteiger partial charge in [-0.3, -0.25) is 14.9 Å². The first-order valence-corrected chi connectivity index (χ1v) is 12.3. The number of thiophene rings is 1. The minimum atomic E-state index is -0.564. The first-order valence-electron chi connectivity index (χ1n) is 11.5. The summed E-state index contributed by atoms with van der Waals surface area (Å²) in [5.74, 6) is 0.139. The molecule has 4 N–H and O–H groups in total. The molecule has 12 heteroatoms. The molecule has 0 aromatic carbocycles. The predicted octanol–water partition coefficient (Wildman–Crippen LogP) is 2.12. The summed E-state index contributed by atoms with van der Waals surface area (Å²) in [7, 11) is 0. The molecule has 1 atom stereocenters. The normalized spacial score (nSPS) is 20.9. The Morgan fingerprint density at radius 3 is 2.89 bits per heavy atom. The van der Waals surface area contributed by atoms with E-state index in [0.29, 0.717) is 34.4 Å². The van der Waals surface area contributed by atoms with Gasteiger partial charge in [0.2, 0.25) is 0 Å². The Kier molecular flexibility index (Phi) is 5.46. The van der Waals surface area contributed by atoms with Crippen molar-refractivity contribution in [2.45, 2.75) is 37.8 Å². The van der Waals surface area contributed by atoms with Crippen LogP contribution in [0.15, 0.2) is 30.1 Å². The minimum absolute atomic E-state index is 0.0830. The third-order valence-corrected chi connectivity index (χ3v) is 7.15. The molecule has 1 aliphatic carbocycles. The van der Waals surface area contributed by atoms with Gasteiger partial charge in [-0.15, -0.1) is 11.3 Å². The van der Waals surface area contributed by atoms with Gasteiger partial charge >= 0.3 is 6.03 Å². The Morgan fingerprint density at radius 1 is 1.26 bits per heavy atom. The van der Waals surface area contributed by atoms with E-state index in [1.807, 2.05) is 12.1 Å². The monoisotopic (exact) mass is 493 g/mol. The van der Waals surface area contributed by atoms with Gasteiger partial charge in [-0.2, -0.15) is 9.61 Å². The third kappa shape index (κ3) is 4.49. The summed E-state index contributed by atoms with van der Waals surface area (Å²) in [6.45, 7) is 1.25. The number of carbonyl (C=O) groups is 3. The highest BCUT2D eigenvalue weighted by atomic mass is 32.1. The van der Waals surface area contributed by atoms with Gasteiger partial charge in [0.1, 0.15) is 11.5 Å². The number of hydrogen-bond donors (Lipinski definition) is 4. The van der Waals surface area contributed by atoms with Crippen LogP contribution in [0, 0.1) is 0 Å². The lowest BCUT2D eigenvalue weighted by Gasteiger charge is -2.10. The van der Waals surface area contributed by atoms with Crippen LogP contribution in [0.25, 0.3) is 22.3 Å². The topological polar surface area (TPSA) is 139 Å². The number of nitrogens with one attached hydrogen (secondary N) is 4. The number of amides is 4. The smallest absolute Gasteiger partial charge is 0.326 e. The van der Waals surface area contributed by atoms with Gasteiger partial charge in [0.25, 0.3) is 11.8 Å². The van der Waals surface area contributed by atoms with Crippen molar-refractivity contribution in [3.8, 4) is 10.6 Å². The number of anilines is 1. The van der Waals surface area contributed by atoms with Gasteiger partial charge in [-0.25, -0.2) is 9.78 Å². The summed E-state index contributed by atoms with van der Waals surface area (Å²) in [5, 5.41) is 15.6. The fourth-order valence-corrected chi connectivity index (χ4v) is 4.97. The van der Waals surface area contributed by atoms with Crippen molar-refractivity contribution in [2.75, 3.05) is 18.5 Å². The number of carbonyl (C=O) groups excluding carboxylic acids is 3. The third-order valence-electron chi connectivity index (χ3n) is 6.04. The van der Waals surface area contributed by atoms with Crippen LogP contribution < -0.4 is 21.3 Å². The molecule has 2 aliphatic heterocycles. The van der Waals surface area contributed by atoms with Crippen molar-refractivity contribution >= 4 is 46.7 Å². The Balaban J connectivity index is 1.31. The Labute approximate surface area is 203 Å². The van der Waals surface area contributed by atoms with E-state index in [1.165, 1.54) is 11.3 Å². The molecule has 35 heavy (non-hydrogen) atoms. The molecule has 3 aromatic rings. The van der Waals surface area contributed by atoms with Crippen LogP contribution in [0.4, 0.5) is 10.6 Å². The lowest BCUT2D eigenvalue weighted by molar-refractivity contribution is -0.115. The van der Waals surface area contributed by atoms with Gasteiger partial charge in [0, 0.05) is 30.8 Å². The van der Waals surface area contributed by atoms with Crippen molar-refractivity contribution in [3.63, 3.8) is 0 Å². The highest BCUT2D eigenvalue weighted by Crippen LogP contribution is 2.32. The summed E-state index contributed by atoms with van der Waals surface area (Å²) in [6.07, 6.45) is 7.39. The van der Waals surface area contributed by atoms with Crippen LogP contribution in [0.3, 0.4) is 0 Å². The minimum Gasteiger partial charge on any atom is -0.376 e. The average Bonchev–Trinajstić information content (AvgIpc) is 3.28. The summed E-state index contributed by atoms with van der Waals surface area (Å²) in [6, 6.07) is 5.40. The second kappa shape index (κ2) is 8.78. The Hall–Kier alpha value is -3.77. The van der Waals surface area contributed by atoms with E-state index in [2.05, 4.69) is 26.4 Å². The summed E-state index contributed by atoms with van der Waals surface area (Å²) in [5.41, 5.74) is 1.94. The zero-order chi connectivity index (χ0) is 23.9. The van der Waals surface area contributed by atoms with E-state index >= 15 is 0 Å². The molecule has 2 saturated heterocycles. The molecule has 11 nitrogen and oxygen atoms in total. The molecule has 1 saturated carbocycles. The summed E-state index contributed by atoms with van der Waals surface area (Å²) >= 11 is 1.36. The molecule has 0 radical (unpaired) electrons. The van der Waals surface area contributed by atoms with E-state index in [0.717, 1.165) is 43.0 Å². The predicted molar refractivity (Wildman–Crippen MR) is 129 cm³/mol. The van der Waals surface area contributed by atoms with Gasteiger partial charge in [-0.1, -0.05) is 0 Å². The van der Waals surface area contributed by atoms with Crippen molar-refractivity contribution in [3.05, 3.63) is 40.5 Å². The Bertz CT molecular complexity index is 1370. The molecule has 0 bridgehead atoms. The van der Waals surface area contributed by atoms with Crippen molar-refractivity contribution < 1.29 is 19.1 Å². The second-order valence-corrected chi connectivity index (χ2v) is 9.84. The molecule has 0 unspecified atom stereocenters. The number of fused-ring (bicyclic) bond motifs is 1. The average molecular weight is 494 g/mol. The quantitative estimate of drug-likeness (QED) is 0.292. The van der Waals surface area contributed by atoms with Crippen LogP contribution in [-0.2, 0) is 9.53 Å². The first-order chi connectivity index (χ1) is 17.0. The summed E-state index contributed by atoms with van der Waals surface area (Å²) in [4.78, 5) is 42.4. The van der Waals surface area contributed by atoms with E-state index in [4.69, 9.17) is 9.72 Å². The van der Waals surface area contributed by atoms with Gasteiger partial charge in [-0.05, 0) is 43.9 Å². The van der Waals surface area contributed by atoms with Crippen LogP contribution in [0.1, 0.15) is 40.9 Å². The standard InChI is InChI=1S/C23H23N7O4S/c31-21-16(28-23(33)29-21)8-12-10-25-30-19(26-13-3-4-13)9-15(27-20(12)30)17-5-6-18(35-17)22(32)24-11-14-2-1-7-34-14/h5-6,8-10,13-14,26H,1-4,7,11H2,(H,24,32)(H2,28,29,31,33)/b16-8-/t14-/m1/s1. The van der Waals surface area contributed by atoms with E-state index in [9.17, 15) is 14.4 Å². The van der Waals surface area contributed by atoms with Gasteiger partial charge < -0.3 is 20.7 Å². The number of aromatic nitrogens is 3. The second-order valence-electron chi connectivity index (χ2n) is 8.76. The van der Waals surface area contributed by atoms with Crippen LogP contribution >= 0.6 is 11.3 Å². The van der Waals surface area contributed by atoms with E-state index < -0.39 is 11.9 Å². The molecule has 0 spiro atoms. The van der Waals surface area contributed by atoms with Crippen molar-refractivity contribution in [1.82, 2.24) is 30.5 Å². The van der Waals surface area contributed by atoms with Crippen molar-refractivity contribution in [1.29, 1.82) is 0 Å². The number of ether oxygens (including phenoxy) is 1. The lowest BCUT2D eigenvalue weighted by Crippen LogP contribution is -2.31. The largest absolute Gasteiger partial charge is 0.376 e. The highest BCUT2D eigenvalue weighted by molar-refractivity contribution is 7.17. The number of hydrogen-bond acceptors (Lipinski definition) is 8. The molecular formula is C23H23N7O4S. The molecule has 3 fully saturated rings. The zero-order valence-electron chi connectivity index (χ0n) is 18.7. The van der Waals surface area contributed by atoms with E-state index in [-0.39, 0.29) is 17.7 Å². The zero-order valence-corrected chi connectivity index (χ0v) is 19.5. The lowest BCUT2D eigenvalue weighted by atomic mass is 10.2. The number of urea groups is 1. The maximum absolute atomic E-state index is 12.7.